The molecule has 3 nitrogen and oxygen atoms in total. The van der Waals surface area contributed by atoms with Gasteiger partial charge in [0.15, 0.2) is 0 Å². The van der Waals surface area contributed by atoms with Gasteiger partial charge in [-0.05, 0) is 25.7 Å². The van der Waals surface area contributed by atoms with E-state index in [0.717, 1.165) is 12.8 Å². The first-order valence-corrected chi connectivity index (χ1v) is 4.02. The van der Waals surface area contributed by atoms with Gasteiger partial charge in [0.1, 0.15) is 0 Å². The van der Waals surface area contributed by atoms with Crippen LogP contribution in [0.25, 0.3) is 0 Å². The molecule has 0 aromatic heterocycles. The van der Waals surface area contributed by atoms with Crippen LogP contribution in [0.15, 0.2) is 24.4 Å². The van der Waals surface area contributed by atoms with E-state index in [9.17, 15) is 4.79 Å². The second-order valence-corrected chi connectivity index (χ2v) is 3.16. The van der Waals surface area contributed by atoms with Crippen LogP contribution < -0.4 is 10.9 Å². The van der Waals surface area contributed by atoms with Gasteiger partial charge in [-0.2, -0.15) is 0 Å². The SMILES string of the molecule is C=C(C)NNC(=O)C(=C)C1CC1. The van der Waals surface area contributed by atoms with Crippen molar-refractivity contribution in [2.45, 2.75) is 19.8 Å². The molecule has 0 saturated heterocycles. The quantitative estimate of drug-likeness (QED) is 0.485. The topological polar surface area (TPSA) is 41.1 Å². The lowest BCUT2D eigenvalue weighted by atomic mass is 10.2. The lowest BCUT2D eigenvalue weighted by Gasteiger charge is -2.08. The molecule has 0 radical (unpaired) electrons. The summed E-state index contributed by atoms with van der Waals surface area (Å²) in [6.45, 7) is 9.08. The number of nitrogens with one attached hydrogen (secondary N) is 2. The number of hydrogen-bond donors (Lipinski definition) is 2. The lowest BCUT2D eigenvalue weighted by Crippen LogP contribution is -2.36. The Kier molecular flexibility index (Phi) is 2.53. The number of carbonyl (C=O) groups is 1. The molecule has 1 rings (SSSR count). The normalized spacial score (nSPS) is 15.1. The summed E-state index contributed by atoms with van der Waals surface area (Å²) < 4.78 is 0. The summed E-state index contributed by atoms with van der Waals surface area (Å²) in [5.74, 6) is 0.289. The van der Waals surface area contributed by atoms with Crippen molar-refractivity contribution in [3.8, 4) is 0 Å². The van der Waals surface area contributed by atoms with Gasteiger partial charge in [0, 0.05) is 11.3 Å². The van der Waals surface area contributed by atoms with Crippen LogP contribution in [0, 0.1) is 5.92 Å². The first kappa shape index (κ1) is 8.84. The molecule has 12 heavy (non-hydrogen) atoms. The van der Waals surface area contributed by atoms with Gasteiger partial charge in [-0.3, -0.25) is 10.2 Å². The van der Waals surface area contributed by atoms with Crippen molar-refractivity contribution in [2.24, 2.45) is 5.92 Å². The summed E-state index contributed by atoms with van der Waals surface area (Å²) in [6, 6.07) is 0. The highest BCUT2D eigenvalue weighted by Gasteiger charge is 2.28. The Hall–Kier alpha value is -1.25. The van der Waals surface area contributed by atoms with E-state index < -0.39 is 0 Å². The summed E-state index contributed by atoms with van der Waals surface area (Å²) in [6.07, 6.45) is 2.19. The minimum atomic E-state index is -0.125. The highest BCUT2D eigenvalue weighted by atomic mass is 16.2. The number of amides is 1. The first-order chi connectivity index (χ1) is 5.61. The van der Waals surface area contributed by atoms with Crippen LogP contribution in [-0.4, -0.2) is 5.91 Å². The Morgan fingerprint density at radius 3 is 2.33 bits per heavy atom. The van der Waals surface area contributed by atoms with Crippen molar-refractivity contribution >= 4 is 5.91 Å². The monoisotopic (exact) mass is 166 g/mol. The van der Waals surface area contributed by atoms with E-state index in [4.69, 9.17) is 0 Å². The smallest absolute Gasteiger partial charge is 0.265 e. The van der Waals surface area contributed by atoms with Crippen LogP contribution in [0.4, 0.5) is 0 Å². The largest absolute Gasteiger partial charge is 0.303 e. The average Bonchev–Trinajstić information content (AvgIpc) is 2.80. The fourth-order valence-electron chi connectivity index (χ4n) is 0.861. The summed E-state index contributed by atoms with van der Waals surface area (Å²) in [4.78, 5) is 11.2. The Morgan fingerprint density at radius 2 is 1.92 bits per heavy atom. The molecule has 0 aliphatic heterocycles. The van der Waals surface area contributed by atoms with Crippen LogP contribution >= 0.6 is 0 Å². The number of carbonyl (C=O) groups excluding carboxylic acids is 1. The van der Waals surface area contributed by atoms with E-state index in [1.54, 1.807) is 6.92 Å². The summed E-state index contributed by atoms with van der Waals surface area (Å²) in [5.41, 5.74) is 6.55. The van der Waals surface area contributed by atoms with E-state index >= 15 is 0 Å². The molecule has 0 spiro atoms. The zero-order valence-electron chi connectivity index (χ0n) is 7.31. The standard InChI is InChI=1S/C9H14N2O/c1-6(2)10-11-9(12)7(3)8-4-5-8/h8,10H,1,3-5H2,2H3,(H,11,12). The third kappa shape index (κ3) is 2.42. The molecule has 1 aliphatic rings. The molecule has 1 amide bonds. The minimum absolute atomic E-state index is 0.125. The molecule has 1 aliphatic carbocycles. The van der Waals surface area contributed by atoms with Crippen LogP contribution in [0.1, 0.15) is 19.8 Å². The summed E-state index contributed by atoms with van der Waals surface area (Å²) >= 11 is 0. The molecular weight excluding hydrogens is 152 g/mol. The molecule has 1 fully saturated rings. The molecule has 0 aromatic rings. The Morgan fingerprint density at radius 1 is 1.33 bits per heavy atom. The Bertz CT molecular complexity index is 229. The van der Waals surface area contributed by atoms with Gasteiger partial charge in [0.25, 0.3) is 5.91 Å². The van der Waals surface area contributed by atoms with Crippen molar-refractivity contribution in [3.05, 3.63) is 24.4 Å². The predicted octanol–water partition coefficient (Wildman–Crippen LogP) is 1.11. The van der Waals surface area contributed by atoms with Crippen LogP contribution in [-0.2, 0) is 4.79 Å². The maximum Gasteiger partial charge on any atom is 0.265 e. The molecule has 0 atom stereocenters. The molecule has 0 heterocycles. The van der Waals surface area contributed by atoms with Crippen LogP contribution in [0.2, 0.25) is 0 Å². The van der Waals surface area contributed by atoms with Gasteiger partial charge >= 0.3 is 0 Å². The first-order valence-electron chi connectivity index (χ1n) is 4.02. The second kappa shape index (κ2) is 3.43. The second-order valence-electron chi connectivity index (χ2n) is 3.16. The molecular formula is C9H14N2O. The van der Waals surface area contributed by atoms with Crippen molar-refractivity contribution < 1.29 is 4.79 Å². The Labute approximate surface area is 72.5 Å². The van der Waals surface area contributed by atoms with Crippen molar-refractivity contribution in [1.82, 2.24) is 10.9 Å². The highest BCUT2D eigenvalue weighted by Crippen LogP contribution is 2.35. The van der Waals surface area contributed by atoms with E-state index in [-0.39, 0.29) is 5.91 Å². The molecule has 0 unspecified atom stereocenters. The fraction of sp³-hybridized carbons (Fsp3) is 0.444. The van der Waals surface area contributed by atoms with E-state index in [2.05, 4.69) is 24.0 Å². The lowest BCUT2D eigenvalue weighted by molar-refractivity contribution is -0.118. The number of allylic oxidation sites excluding steroid dienone is 1. The average molecular weight is 166 g/mol. The van der Waals surface area contributed by atoms with Crippen LogP contribution in [0.3, 0.4) is 0 Å². The van der Waals surface area contributed by atoms with Gasteiger partial charge in [-0.1, -0.05) is 13.2 Å². The maximum atomic E-state index is 11.2. The van der Waals surface area contributed by atoms with Crippen molar-refractivity contribution in [3.63, 3.8) is 0 Å². The fourth-order valence-corrected chi connectivity index (χ4v) is 0.861. The summed E-state index contributed by atoms with van der Waals surface area (Å²) in [7, 11) is 0. The van der Waals surface area contributed by atoms with Gasteiger partial charge in [0.2, 0.25) is 0 Å². The number of hydrazine groups is 1. The predicted molar refractivity (Wildman–Crippen MR) is 48.0 cm³/mol. The molecule has 2 N–H and O–H groups in total. The third-order valence-corrected chi connectivity index (χ3v) is 1.75. The van der Waals surface area contributed by atoms with Crippen molar-refractivity contribution in [1.29, 1.82) is 0 Å². The third-order valence-electron chi connectivity index (χ3n) is 1.75. The van der Waals surface area contributed by atoms with E-state index in [0.29, 0.717) is 17.2 Å². The van der Waals surface area contributed by atoms with Gasteiger partial charge in [0.05, 0.1) is 0 Å². The van der Waals surface area contributed by atoms with E-state index in [1.165, 1.54) is 0 Å². The summed E-state index contributed by atoms with van der Waals surface area (Å²) in [5, 5.41) is 0. The zero-order valence-corrected chi connectivity index (χ0v) is 7.31. The maximum absolute atomic E-state index is 11.2. The van der Waals surface area contributed by atoms with Gasteiger partial charge in [-0.15, -0.1) is 0 Å². The Balaban J connectivity index is 2.27. The van der Waals surface area contributed by atoms with Crippen LogP contribution in [0.5, 0.6) is 0 Å². The van der Waals surface area contributed by atoms with Crippen molar-refractivity contribution in [2.75, 3.05) is 0 Å². The van der Waals surface area contributed by atoms with Gasteiger partial charge in [-0.25, -0.2) is 0 Å². The van der Waals surface area contributed by atoms with E-state index in [1.807, 2.05) is 0 Å². The molecule has 66 valence electrons. The molecule has 1 saturated carbocycles. The molecule has 0 bridgehead atoms. The number of rotatable bonds is 4. The molecule has 0 aromatic carbocycles. The highest BCUT2D eigenvalue weighted by molar-refractivity contribution is 5.93. The molecule has 3 heteroatoms. The zero-order chi connectivity index (χ0) is 9.14. The minimum Gasteiger partial charge on any atom is -0.303 e. The number of hydrogen-bond acceptors (Lipinski definition) is 2. The van der Waals surface area contributed by atoms with Gasteiger partial charge < -0.3 is 5.43 Å².